The molecule has 2 N–H and O–H groups in total. The standard InChI is InChI=1S/C16H22N2O3/c1-12-6-7-13-4-2-3-5-14(13)18(12)11-9-15(19)17-10-8-16(20)21/h2-5,12H,6-11H2,1H3,(H,17,19)(H,20,21). The highest BCUT2D eigenvalue weighted by Crippen LogP contribution is 2.30. The number of carbonyl (C=O) groups is 2. The van der Waals surface area contributed by atoms with Gasteiger partial charge in [-0.1, -0.05) is 18.2 Å². The Labute approximate surface area is 125 Å². The molecule has 1 aliphatic heterocycles. The van der Waals surface area contributed by atoms with E-state index in [9.17, 15) is 9.59 Å². The van der Waals surface area contributed by atoms with E-state index in [0.717, 1.165) is 12.8 Å². The molecule has 0 spiro atoms. The van der Waals surface area contributed by atoms with Gasteiger partial charge in [-0.2, -0.15) is 0 Å². The molecule has 5 nitrogen and oxygen atoms in total. The van der Waals surface area contributed by atoms with Gasteiger partial charge in [0.05, 0.1) is 6.42 Å². The second-order valence-electron chi connectivity index (χ2n) is 5.45. The lowest BCUT2D eigenvalue weighted by Crippen LogP contribution is -2.40. The van der Waals surface area contributed by atoms with Crippen LogP contribution in [0.5, 0.6) is 0 Å². The quantitative estimate of drug-likeness (QED) is 0.838. The van der Waals surface area contributed by atoms with Gasteiger partial charge in [-0.3, -0.25) is 9.59 Å². The number of carboxylic acids is 1. The number of anilines is 1. The average Bonchev–Trinajstić information content (AvgIpc) is 2.46. The highest BCUT2D eigenvalue weighted by Gasteiger charge is 2.22. The van der Waals surface area contributed by atoms with Gasteiger partial charge in [0.15, 0.2) is 0 Å². The van der Waals surface area contributed by atoms with Gasteiger partial charge in [0.2, 0.25) is 5.91 Å². The van der Waals surface area contributed by atoms with Crippen molar-refractivity contribution >= 4 is 17.6 Å². The maximum absolute atomic E-state index is 11.8. The van der Waals surface area contributed by atoms with E-state index in [1.807, 2.05) is 12.1 Å². The van der Waals surface area contributed by atoms with Crippen LogP contribution in [0.25, 0.3) is 0 Å². The van der Waals surface area contributed by atoms with E-state index in [2.05, 4.69) is 29.3 Å². The molecule has 1 aromatic carbocycles. The largest absolute Gasteiger partial charge is 0.481 e. The molecule has 0 aliphatic carbocycles. The van der Waals surface area contributed by atoms with Crippen LogP contribution in [0.3, 0.4) is 0 Å². The Balaban J connectivity index is 1.87. The van der Waals surface area contributed by atoms with Gasteiger partial charge < -0.3 is 15.3 Å². The highest BCUT2D eigenvalue weighted by atomic mass is 16.4. The first-order chi connectivity index (χ1) is 10.1. The summed E-state index contributed by atoms with van der Waals surface area (Å²) < 4.78 is 0. The van der Waals surface area contributed by atoms with Crippen LogP contribution in [-0.2, 0) is 16.0 Å². The van der Waals surface area contributed by atoms with Crippen LogP contribution in [0.1, 0.15) is 31.7 Å². The zero-order chi connectivity index (χ0) is 15.2. The molecule has 1 heterocycles. The average molecular weight is 290 g/mol. The first-order valence-electron chi connectivity index (χ1n) is 7.41. The Kier molecular flexibility index (Phi) is 5.20. The number of hydrogen-bond acceptors (Lipinski definition) is 3. The fraction of sp³-hybridized carbons (Fsp3) is 0.500. The Bertz CT molecular complexity index is 516. The molecule has 0 radical (unpaired) electrons. The minimum Gasteiger partial charge on any atom is -0.481 e. The number of rotatable bonds is 6. The topological polar surface area (TPSA) is 69.6 Å². The predicted octanol–water partition coefficient (Wildman–Crippen LogP) is 1.81. The van der Waals surface area contributed by atoms with Crippen molar-refractivity contribution in [2.45, 2.75) is 38.6 Å². The summed E-state index contributed by atoms with van der Waals surface area (Å²) in [5, 5.41) is 11.2. The monoisotopic (exact) mass is 290 g/mol. The van der Waals surface area contributed by atoms with Crippen molar-refractivity contribution in [2.75, 3.05) is 18.0 Å². The number of carbonyl (C=O) groups excluding carboxylic acids is 1. The number of carboxylic acid groups (broad SMARTS) is 1. The van der Waals surface area contributed by atoms with Crippen molar-refractivity contribution in [3.63, 3.8) is 0 Å². The third-order valence-corrected chi connectivity index (χ3v) is 3.91. The van der Waals surface area contributed by atoms with Crippen LogP contribution in [0, 0.1) is 0 Å². The van der Waals surface area contributed by atoms with Gasteiger partial charge in [0.1, 0.15) is 0 Å². The summed E-state index contributed by atoms with van der Waals surface area (Å²) in [6.07, 6.45) is 2.53. The summed E-state index contributed by atoms with van der Waals surface area (Å²) in [7, 11) is 0. The number of nitrogens with one attached hydrogen (secondary N) is 1. The molecule has 1 amide bonds. The molecular formula is C16H22N2O3. The van der Waals surface area contributed by atoms with Crippen LogP contribution < -0.4 is 10.2 Å². The molecule has 1 aliphatic rings. The van der Waals surface area contributed by atoms with Gasteiger partial charge in [-0.05, 0) is 31.4 Å². The predicted molar refractivity (Wildman–Crippen MR) is 81.5 cm³/mol. The fourth-order valence-corrected chi connectivity index (χ4v) is 2.72. The van der Waals surface area contributed by atoms with Crippen molar-refractivity contribution < 1.29 is 14.7 Å². The SMILES string of the molecule is CC1CCc2ccccc2N1CCC(=O)NCCC(=O)O. The van der Waals surface area contributed by atoms with E-state index in [1.54, 1.807) is 0 Å². The second kappa shape index (κ2) is 7.11. The van der Waals surface area contributed by atoms with Crippen molar-refractivity contribution in [1.82, 2.24) is 5.32 Å². The summed E-state index contributed by atoms with van der Waals surface area (Å²) in [4.78, 5) is 24.4. The van der Waals surface area contributed by atoms with Gasteiger partial charge in [0, 0.05) is 31.2 Å². The third-order valence-electron chi connectivity index (χ3n) is 3.91. The maximum Gasteiger partial charge on any atom is 0.305 e. The summed E-state index contributed by atoms with van der Waals surface area (Å²) in [6.45, 7) is 3.04. The molecule has 0 saturated heterocycles. The van der Waals surface area contributed by atoms with E-state index in [4.69, 9.17) is 5.11 Å². The molecule has 1 aromatic rings. The fourth-order valence-electron chi connectivity index (χ4n) is 2.72. The summed E-state index contributed by atoms with van der Waals surface area (Å²) in [5.41, 5.74) is 2.55. The van der Waals surface area contributed by atoms with Crippen molar-refractivity contribution in [1.29, 1.82) is 0 Å². The summed E-state index contributed by atoms with van der Waals surface area (Å²) in [5.74, 6) is -0.986. The van der Waals surface area contributed by atoms with Crippen LogP contribution in [0.2, 0.25) is 0 Å². The van der Waals surface area contributed by atoms with Gasteiger partial charge in [-0.25, -0.2) is 0 Å². The summed E-state index contributed by atoms with van der Waals surface area (Å²) in [6, 6.07) is 8.74. The van der Waals surface area contributed by atoms with Crippen LogP contribution in [0.15, 0.2) is 24.3 Å². The normalized spacial score (nSPS) is 17.2. The number of fused-ring (bicyclic) bond motifs is 1. The van der Waals surface area contributed by atoms with Crippen LogP contribution in [0.4, 0.5) is 5.69 Å². The number of aryl methyl sites for hydroxylation is 1. The van der Waals surface area contributed by atoms with Crippen LogP contribution >= 0.6 is 0 Å². The Morgan fingerprint density at radius 2 is 2.10 bits per heavy atom. The molecular weight excluding hydrogens is 268 g/mol. The highest BCUT2D eigenvalue weighted by molar-refractivity contribution is 5.77. The van der Waals surface area contributed by atoms with Crippen LogP contribution in [-0.4, -0.2) is 36.1 Å². The first-order valence-corrected chi connectivity index (χ1v) is 7.41. The third kappa shape index (κ3) is 4.21. The Morgan fingerprint density at radius 1 is 1.33 bits per heavy atom. The smallest absolute Gasteiger partial charge is 0.305 e. The van der Waals surface area contributed by atoms with Gasteiger partial charge >= 0.3 is 5.97 Å². The van der Waals surface area contributed by atoms with E-state index in [-0.39, 0.29) is 18.9 Å². The molecule has 5 heteroatoms. The molecule has 0 fully saturated rings. The molecule has 21 heavy (non-hydrogen) atoms. The lowest BCUT2D eigenvalue weighted by molar-refractivity contribution is -0.136. The minimum atomic E-state index is -0.895. The van der Waals surface area contributed by atoms with Crippen molar-refractivity contribution in [3.8, 4) is 0 Å². The van der Waals surface area contributed by atoms with E-state index in [1.165, 1.54) is 11.3 Å². The number of nitrogens with zero attached hydrogens (tertiary/aromatic N) is 1. The van der Waals surface area contributed by atoms with Crippen molar-refractivity contribution in [3.05, 3.63) is 29.8 Å². The van der Waals surface area contributed by atoms with E-state index in [0.29, 0.717) is 19.0 Å². The number of amides is 1. The molecule has 1 unspecified atom stereocenters. The lowest BCUT2D eigenvalue weighted by Gasteiger charge is -2.37. The molecule has 0 aromatic heterocycles. The number of para-hydroxylation sites is 1. The molecule has 114 valence electrons. The number of aliphatic carboxylic acids is 1. The zero-order valence-corrected chi connectivity index (χ0v) is 12.3. The van der Waals surface area contributed by atoms with Gasteiger partial charge in [-0.15, -0.1) is 0 Å². The Morgan fingerprint density at radius 3 is 2.86 bits per heavy atom. The number of hydrogen-bond donors (Lipinski definition) is 2. The number of benzene rings is 1. The Hall–Kier alpha value is -2.04. The van der Waals surface area contributed by atoms with E-state index < -0.39 is 5.97 Å². The maximum atomic E-state index is 11.8. The molecule has 0 saturated carbocycles. The van der Waals surface area contributed by atoms with Gasteiger partial charge in [0.25, 0.3) is 0 Å². The van der Waals surface area contributed by atoms with E-state index >= 15 is 0 Å². The first kappa shape index (κ1) is 15.4. The zero-order valence-electron chi connectivity index (χ0n) is 12.3. The molecule has 0 bridgehead atoms. The second-order valence-corrected chi connectivity index (χ2v) is 5.45. The minimum absolute atomic E-state index is 0.0330. The lowest BCUT2D eigenvalue weighted by atomic mass is 9.96. The summed E-state index contributed by atoms with van der Waals surface area (Å²) >= 11 is 0. The molecule has 2 rings (SSSR count). The van der Waals surface area contributed by atoms with Crippen molar-refractivity contribution in [2.24, 2.45) is 0 Å². The molecule has 1 atom stereocenters.